The lowest BCUT2D eigenvalue weighted by Gasteiger charge is -2.10. The monoisotopic (exact) mass is 254 g/mol. The second-order valence-electron chi connectivity index (χ2n) is 3.47. The Labute approximate surface area is 101 Å². The molecule has 0 spiro atoms. The first-order valence-corrected chi connectivity index (χ1v) is 6.40. The minimum absolute atomic E-state index is 0.0177. The van der Waals surface area contributed by atoms with Crippen LogP contribution in [0.15, 0.2) is 23.4 Å². The van der Waals surface area contributed by atoms with E-state index in [1.54, 1.807) is 0 Å². The zero-order chi connectivity index (χ0) is 12.9. The van der Waals surface area contributed by atoms with E-state index in [1.807, 2.05) is 0 Å². The van der Waals surface area contributed by atoms with Gasteiger partial charge in [-0.05, 0) is 6.07 Å². The molecular formula is C11H14N2O3S. The van der Waals surface area contributed by atoms with Crippen molar-refractivity contribution in [3.05, 3.63) is 24.0 Å². The lowest BCUT2D eigenvalue weighted by Crippen LogP contribution is -2.22. The van der Waals surface area contributed by atoms with Crippen LogP contribution in [0.25, 0.3) is 0 Å². The maximum atomic E-state index is 11.8. The molecule has 0 aliphatic rings. The Bertz CT molecular complexity index is 541. The highest BCUT2D eigenvalue weighted by Crippen LogP contribution is 2.12. The van der Waals surface area contributed by atoms with Crippen molar-refractivity contribution in [3.8, 4) is 11.8 Å². The molecule has 1 rings (SSSR count). The van der Waals surface area contributed by atoms with Crippen molar-refractivity contribution in [2.24, 2.45) is 0 Å². The largest absolute Gasteiger partial charge is 0.395 e. The van der Waals surface area contributed by atoms with Crippen LogP contribution in [0.1, 0.15) is 12.0 Å². The van der Waals surface area contributed by atoms with Crippen LogP contribution in [-0.4, -0.2) is 43.5 Å². The summed E-state index contributed by atoms with van der Waals surface area (Å²) < 4.78 is 24.7. The Kier molecular flexibility index (Phi) is 4.63. The SMILES string of the molecule is CN(C)S(=O)(=O)c1cncc(C#CCCO)c1. The van der Waals surface area contributed by atoms with Gasteiger partial charge in [0.1, 0.15) is 4.90 Å². The molecule has 0 fully saturated rings. The van der Waals surface area contributed by atoms with Gasteiger partial charge in [0, 0.05) is 38.5 Å². The van der Waals surface area contributed by atoms with Gasteiger partial charge in [-0.2, -0.15) is 0 Å². The van der Waals surface area contributed by atoms with Crippen molar-refractivity contribution in [1.82, 2.24) is 9.29 Å². The molecular weight excluding hydrogens is 240 g/mol. The number of nitrogens with zero attached hydrogens (tertiary/aromatic N) is 2. The summed E-state index contributed by atoms with van der Waals surface area (Å²) in [6, 6.07) is 1.46. The summed E-state index contributed by atoms with van der Waals surface area (Å²) in [6.07, 6.45) is 3.12. The third-order valence-electron chi connectivity index (χ3n) is 1.96. The maximum absolute atomic E-state index is 11.8. The first-order chi connectivity index (χ1) is 7.98. The summed E-state index contributed by atoms with van der Waals surface area (Å²) in [5, 5.41) is 8.58. The van der Waals surface area contributed by atoms with Crippen molar-refractivity contribution in [2.45, 2.75) is 11.3 Å². The van der Waals surface area contributed by atoms with E-state index in [-0.39, 0.29) is 11.5 Å². The third kappa shape index (κ3) is 3.53. The number of hydrogen-bond acceptors (Lipinski definition) is 4. The summed E-state index contributed by atoms with van der Waals surface area (Å²) in [5.41, 5.74) is 0.515. The van der Waals surface area contributed by atoms with Gasteiger partial charge in [-0.1, -0.05) is 11.8 Å². The standard InChI is InChI=1S/C11H14N2O3S/c1-13(2)17(15,16)11-7-10(8-12-9-11)5-3-4-6-14/h7-9,14H,4,6H2,1-2H3. The molecule has 0 aromatic carbocycles. The number of sulfonamides is 1. The second-order valence-corrected chi connectivity index (χ2v) is 5.62. The average molecular weight is 254 g/mol. The van der Waals surface area contributed by atoms with E-state index in [4.69, 9.17) is 5.11 Å². The van der Waals surface area contributed by atoms with Crippen LogP contribution in [0.5, 0.6) is 0 Å². The smallest absolute Gasteiger partial charge is 0.244 e. The molecule has 92 valence electrons. The van der Waals surface area contributed by atoms with E-state index in [9.17, 15) is 8.42 Å². The van der Waals surface area contributed by atoms with Gasteiger partial charge in [-0.25, -0.2) is 12.7 Å². The molecule has 1 N–H and O–H groups in total. The highest BCUT2D eigenvalue weighted by atomic mass is 32.2. The van der Waals surface area contributed by atoms with E-state index >= 15 is 0 Å². The van der Waals surface area contributed by atoms with Crippen LogP contribution in [-0.2, 0) is 10.0 Å². The minimum Gasteiger partial charge on any atom is -0.395 e. The molecule has 5 nitrogen and oxygen atoms in total. The topological polar surface area (TPSA) is 70.5 Å². The second kappa shape index (κ2) is 5.77. The summed E-state index contributed by atoms with van der Waals surface area (Å²) in [7, 11) is -0.561. The first-order valence-electron chi connectivity index (χ1n) is 4.96. The average Bonchev–Trinajstić information content (AvgIpc) is 2.29. The van der Waals surface area contributed by atoms with Crippen molar-refractivity contribution < 1.29 is 13.5 Å². The lowest BCUT2D eigenvalue weighted by atomic mass is 10.3. The molecule has 0 aliphatic carbocycles. The zero-order valence-electron chi connectivity index (χ0n) is 9.71. The van der Waals surface area contributed by atoms with Gasteiger partial charge < -0.3 is 5.11 Å². The number of hydrogen-bond donors (Lipinski definition) is 1. The number of pyridine rings is 1. The molecule has 6 heteroatoms. The quantitative estimate of drug-likeness (QED) is 0.775. The van der Waals surface area contributed by atoms with Gasteiger partial charge in [0.05, 0.1) is 6.61 Å². The molecule has 0 unspecified atom stereocenters. The van der Waals surface area contributed by atoms with Crippen LogP contribution in [0, 0.1) is 11.8 Å². The Hall–Kier alpha value is -1.42. The number of aliphatic hydroxyl groups excluding tert-OH is 1. The number of rotatable bonds is 3. The third-order valence-corrected chi connectivity index (χ3v) is 3.74. The molecule has 0 saturated carbocycles. The lowest BCUT2D eigenvalue weighted by molar-refractivity contribution is 0.305. The van der Waals surface area contributed by atoms with Crippen LogP contribution < -0.4 is 0 Å². The van der Waals surface area contributed by atoms with E-state index in [0.717, 1.165) is 4.31 Å². The van der Waals surface area contributed by atoms with Crippen LogP contribution in [0.4, 0.5) is 0 Å². The summed E-state index contributed by atoms with van der Waals surface area (Å²) in [4.78, 5) is 3.95. The van der Waals surface area contributed by atoms with Gasteiger partial charge in [0.15, 0.2) is 0 Å². The van der Waals surface area contributed by atoms with Crippen molar-refractivity contribution >= 4 is 10.0 Å². The Morgan fingerprint density at radius 3 is 2.71 bits per heavy atom. The normalized spacial score (nSPS) is 11.1. The molecule has 1 heterocycles. The van der Waals surface area contributed by atoms with Crippen LogP contribution in [0.3, 0.4) is 0 Å². The Morgan fingerprint density at radius 1 is 1.41 bits per heavy atom. The minimum atomic E-state index is -3.48. The molecule has 0 bridgehead atoms. The Balaban J connectivity index is 3.07. The fraction of sp³-hybridized carbons (Fsp3) is 0.364. The zero-order valence-corrected chi connectivity index (χ0v) is 10.5. The predicted octanol–water partition coefficient (Wildman–Crippen LogP) is 0.0658. The van der Waals surface area contributed by atoms with Crippen molar-refractivity contribution in [3.63, 3.8) is 0 Å². The van der Waals surface area contributed by atoms with Crippen LogP contribution in [0.2, 0.25) is 0 Å². The molecule has 0 amide bonds. The molecule has 1 aromatic heterocycles. The van der Waals surface area contributed by atoms with Crippen molar-refractivity contribution in [1.29, 1.82) is 0 Å². The summed E-state index contributed by atoms with van der Waals surface area (Å²) in [6.45, 7) is -0.0177. The van der Waals surface area contributed by atoms with E-state index < -0.39 is 10.0 Å². The van der Waals surface area contributed by atoms with Gasteiger partial charge in [0.25, 0.3) is 0 Å². The van der Waals surface area contributed by atoms with E-state index in [1.165, 1.54) is 32.6 Å². The fourth-order valence-corrected chi connectivity index (χ4v) is 1.95. The fourth-order valence-electron chi connectivity index (χ4n) is 1.06. The maximum Gasteiger partial charge on any atom is 0.244 e. The van der Waals surface area contributed by atoms with Gasteiger partial charge in [-0.3, -0.25) is 4.98 Å². The van der Waals surface area contributed by atoms with Gasteiger partial charge in [-0.15, -0.1) is 0 Å². The highest BCUT2D eigenvalue weighted by molar-refractivity contribution is 7.89. The summed E-state index contributed by atoms with van der Waals surface area (Å²) >= 11 is 0. The molecule has 1 aromatic rings. The molecule has 0 aliphatic heterocycles. The number of aromatic nitrogens is 1. The molecule has 17 heavy (non-hydrogen) atoms. The van der Waals surface area contributed by atoms with E-state index in [2.05, 4.69) is 16.8 Å². The molecule has 0 radical (unpaired) electrons. The first kappa shape index (κ1) is 13.6. The molecule has 0 atom stereocenters. The Morgan fingerprint density at radius 2 is 2.12 bits per heavy atom. The molecule has 0 saturated heterocycles. The van der Waals surface area contributed by atoms with E-state index in [0.29, 0.717) is 12.0 Å². The predicted molar refractivity (Wildman–Crippen MR) is 63.7 cm³/mol. The van der Waals surface area contributed by atoms with Crippen LogP contribution >= 0.6 is 0 Å². The number of aliphatic hydroxyl groups is 1. The summed E-state index contributed by atoms with van der Waals surface area (Å²) in [5.74, 6) is 5.45. The van der Waals surface area contributed by atoms with Gasteiger partial charge >= 0.3 is 0 Å². The highest BCUT2D eigenvalue weighted by Gasteiger charge is 2.17. The van der Waals surface area contributed by atoms with Crippen molar-refractivity contribution in [2.75, 3.05) is 20.7 Å². The van der Waals surface area contributed by atoms with Gasteiger partial charge in [0.2, 0.25) is 10.0 Å².